The van der Waals surface area contributed by atoms with E-state index in [-0.39, 0.29) is 24.2 Å². The molecule has 3 rings (SSSR count). The Morgan fingerprint density at radius 3 is 2.58 bits per heavy atom. The van der Waals surface area contributed by atoms with Gasteiger partial charge in [0.1, 0.15) is 11.5 Å². The zero-order valence-electron chi connectivity index (χ0n) is 18.8. The molecule has 0 saturated carbocycles. The van der Waals surface area contributed by atoms with Crippen molar-refractivity contribution in [3.63, 3.8) is 0 Å². The van der Waals surface area contributed by atoms with E-state index in [0.29, 0.717) is 46.5 Å². The van der Waals surface area contributed by atoms with Crippen LogP contribution in [0.2, 0.25) is 10.0 Å². The molecule has 2 aromatic carbocycles. The van der Waals surface area contributed by atoms with Gasteiger partial charge in [-0.2, -0.15) is 0 Å². The molecule has 2 atom stereocenters. The summed E-state index contributed by atoms with van der Waals surface area (Å²) in [5.41, 5.74) is 1.33. The molecule has 2 aromatic rings. The van der Waals surface area contributed by atoms with Gasteiger partial charge in [-0.15, -0.1) is 0 Å². The van der Waals surface area contributed by atoms with E-state index in [9.17, 15) is 13.2 Å². The molecule has 1 saturated heterocycles. The van der Waals surface area contributed by atoms with Crippen molar-refractivity contribution in [3.05, 3.63) is 57.6 Å². The summed E-state index contributed by atoms with van der Waals surface area (Å²) in [5.74, 6) is 0.459. The standard InChI is InChI=1S/C23H28Cl2N2O5S/c1-15(19-12-18(31-2)7-9-22(19)32-3)26-23(28)17-5-4-10-27(13-17)33(29,30)14-16-6-8-20(24)21(25)11-16/h6-9,11-12,15,17H,4-5,10,13-14H2,1-3H3,(H,26,28)/t15-,17+/m0/s1. The highest BCUT2D eigenvalue weighted by atomic mass is 35.5. The average molecular weight is 515 g/mol. The van der Waals surface area contributed by atoms with Crippen LogP contribution in [-0.4, -0.2) is 45.9 Å². The fourth-order valence-electron chi connectivity index (χ4n) is 3.93. The zero-order valence-corrected chi connectivity index (χ0v) is 21.1. The van der Waals surface area contributed by atoms with E-state index < -0.39 is 15.9 Å². The van der Waals surface area contributed by atoms with Gasteiger partial charge in [-0.1, -0.05) is 29.3 Å². The molecule has 0 unspecified atom stereocenters. The number of benzene rings is 2. The molecule has 10 heteroatoms. The fraction of sp³-hybridized carbons (Fsp3) is 0.435. The van der Waals surface area contributed by atoms with Crippen LogP contribution in [0.5, 0.6) is 11.5 Å². The number of nitrogens with zero attached hydrogens (tertiary/aromatic N) is 1. The van der Waals surface area contributed by atoms with Gasteiger partial charge in [-0.25, -0.2) is 12.7 Å². The molecule has 0 radical (unpaired) electrons. The largest absolute Gasteiger partial charge is 0.497 e. The number of methoxy groups -OCH3 is 2. The number of carbonyl (C=O) groups is 1. The van der Waals surface area contributed by atoms with E-state index in [4.69, 9.17) is 32.7 Å². The number of carbonyl (C=O) groups excluding carboxylic acids is 1. The van der Waals surface area contributed by atoms with Crippen LogP contribution in [-0.2, 0) is 20.6 Å². The summed E-state index contributed by atoms with van der Waals surface area (Å²) >= 11 is 11.9. The Labute approximate surface area is 205 Å². The summed E-state index contributed by atoms with van der Waals surface area (Å²) in [4.78, 5) is 13.0. The first-order chi connectivity index (χ1) is 15.6. The zero-order chi connectivity index (χ0) is 24.2. The van der Waals surface area contributed by atoms with Crippen LogP contribution < -0.4 is 14.8 Å². The number of ether oxygens (including phenoxy) is 2. The molecule has 1 N–H and O–H groups in total. The van der Waals surface area contributed by atoms with Crippen LogP contribution in [0.1, 0.15) is 36.9 Å². The number of hydrogen-bond acceptors (Lipinski definition) is 5. The van der Waals surface area contributed by atoms with E-state index in [1.165, 1.54) is 4.31 Å². The number of nitrogens with one attached hydrogen (secondary N) is 1. The van der Waals surface area contributed by atoms with E-state index in [1.54, 1.807) is 44.6 Å². The van der Waals surface area contributed by atoms with E-state index >= 15 is 0 Å². The molecule has 0 bridgehead atoms. The summed E-state index contributed by atoms with van der Waals surface area (Å²) < 4.78 is 38.1. The quantitative estimate of drug-likeness (QED) is 0.563. The van der Waals surface area contributed by atoms with E-state index in [1.807, 2.05) is 13.0 Å². The number of amides is 1. The topological polar surface area (TPSA) is 84.9 Å². The van der Waals surface area contributed by atoms with Crippen molar-refractivity contribution < 1.29 is 22.7 Å². The fourth-order valence-corrected chi connectivity index (χ4v) is 5.85. The van der Waals surface area contributed by atoms with Crippen molar-refractivity contribution in [2.75, 3.05) is 27.3 Å². The maximum atomic E-state index is 13.0. The van der Waals surface area contributed by atoms with Gasteiger partial charge in [0, 0.05) is 18.7 Å². The predicted molar refractivity (Wildman–Crippen MR) is 129 cm³/mol. The first kappa shape index (κ1) is 25.6. The first-order valence-corrected chi connectivity index (χ1v) is 12.9. The van der Waals surface area contributed by atoms with Crippen molar-refractivity contribution in [2.45, 2.75) is 31.6 Å². The minimum absolute atomic E-state index is 0.136. The molecular formula is C23H28Cl2N2O5S. The molecule has 7 nitrogen and oxygen atoms in total. The number of rotatable bonds is 8. The molecule has 180 valence electrons. The van der Waals surface area contributed by atoms with Crippen LogP contribution in [0.15, 0.2) is 36.4 Å². The van der Waals surface area contributed by atoms with Gasteiger partial charge in [0.15, 0.2) is 0 Å². The third kappa shape index (κ3) is 6.32. The smallest absolute Gasteiger partial charge is 0.224 e. The van der Waals surface area contributed by atoms with E-state index in [2.05, 4.69) is 5.32 Å². The molecule has 1 fully saturated rings. The molecule has 0 aromatic heterocycles. The Balaban J connectivity index is 1.68. The number of hydrogen-bond donors (Lipinski definition) is 1. The molecule has 1 aliphatic heterocycles. The van der Waals surface area contributed by atoms with Gasteiger partial charge < -0.3 is 14.8 Å². The third-order valence-corrected chi connectivity index (χ3v) is 8.30. The minimum atomic E-state index is -3.62. The Bertz CT molecular complexity index is 1110. The molecule has 1 amide bonds. The second kappa shape index (κ2) is 11.0. The summed E-state index contributed by atoms with van der Waals surface area (Å²) in [7, 11) is -0.477. The number of halogens is 2. The summed E-state index contributed by atoms with van der Waals surface area (Å²) in [6.45, 7) is 2.38. The first-order valence-electron chi connectivity index (χ1n) is 10.6. The van der Waals surface area contributed by atoms with Gasteiger partial charge in [-0.05, 0) is 55.7 Å². The second-order valence-electron chi connectivity index (χ2n) is 8.04. The monoisotopic (exact) mass is 514 g/mol. The van der Waals surface area contributed by atoms with Gasteiger partial charge >= 0.3 is 0 Å². The number of piperidine rings is 1. The van der Waals surface area contributed by atoms with E-state index in [0.717, 1.165) is 5.56 Å². The molecule has 1 heterocycles. The minimum Gasteiger partial charge on any atom is -0.497 e. The maximum absolute atomic E-state index is 13.0. The van der Waals surface area contributed by atoms with Crippen LogP contribution in [0.4, 0.5) is 0 Å². The second-order valence-corrected chi connectivity index (χ2v) is 10.8. The third-order valence-electron chi connectivity index (χ3n) is 5.74. The number of sulfonamides is 1. The molecule has 0 spiro atoms. The van der Waals surface area contributed by atoms with Crippen molar-refractivity contribution in [3.8, 4) is 11.5 Å². The maximum Gasteiger partial charge on any atom is 0.224 e. The van der Waals surface area contributed by atoms with Crippen molar-refractivity contribution in [1.29, 1.82) is 0 Å². The Hall–Kier alpha value is -2.00. The SMILES string of the molecule is COc1ccc(OC)c([C@H](C)NC(=O)[C@@H]2CCCN(S(=O)(=O)Cc3ccc(Cl)c(Cl)c3)C2)c1. The van der Waals surface area contributed by atoms with Crippen LogP contribution in [0, 0.1) is 5.92 Å². The lowest BCUT2D eigenvalue weighted by molar-refractivity contribution is -0.126. The van der Waals surface area contributed by atoms with Crippen LogP contribution >= 0.6 is 23.2 Å². The van der Waals surface area contributed by atoms with Crippen molar-refractivity contribution in [1.82, 2.24) is 9.62 Å². The summed E-state index contributed by atoms with van der Waals surface area (Å²) in [5, 5.41) is 3.68. The summed E-state index contributed by atoms with van der Waals surface area (Å²) in [6, 6.07) is 9.82. The predicted octanol–water partition coefficient (Wildman–Crippen LogP) is 4.43. The highest BCUT2D eigenvalue weighted by Crippen LogP contribution is 2.30. The van der Waals surface area contributed by atoms with Crippen LogP contribution in [0.25, 0.3) is 0 Å². The van der Waals surface area contributed by atoms with Gasteiger partial charge in [0.2, 0.25) is 15.9 Å². The Kier molecular flexibility index (Phi) is 8.50. The molecular weight excluding hydrogens is 487 g/mol. The van der Waals surface area contributed by atoms with Crippen LogP contribution in [0.3, 0.4) is 0 Å². The molecule has 33 heavy (non-hydrogen) atoms. The Morgan fingerprint density at radius 1 is 1.15 bits per heavy atom. The van der Waals surface area contributed by atoms with Gasteiger partial charge in [0.25, 0.3) is 0 Å². The molecule has 1 aliphatic rings. The van der Waals surface area contributed by atoms with Crippen molar-refractivity contribution in [2.24, 2.45) is 5.92 Å². The normalized spacial score (nSPS) is 17.9. The Morgan fingerprint density at radius 2 is 1.91 bits per heavy atom. The highest BCUT2D eigenvalue weighted by molar-refractivity contribution is 7.88. The lowest BCUT2D eigenvalue weighted by Crippen LogP contribution is -2.46. The summed E-state index contributed by atoms with van der Waals surface area (Å²) in [6.07, 6.45) is 1.22. The van der Waals surface area contributed by atoms with Gasteiger partial charge in [0.05, 0.1) is 42.0 Å². The lowest BCUT2D eigenvalue weighted by atomic mass is 9.97. The highest BCUT2D eigenvalue weighted by Gasteiger charge is 2.33. The lowest BCUT2D eigenvalue weighted by Gasteiger charge is -2.32. The average Bonchev–Trinajstić information content (AvgIpc) is 2.80. The van der Waals surface area contributed by atoms with Gasteiger partial charge in [-0.3, -0.25) is 4.79 Å². The van der Waals surface area contributed by atoms with Crippen molar-refractivity contribution >= 4 is 39.1 Å². The molecule has 0 aliphatic carbocycles.